The van der Waals surface area contributed by atoms with Crippen LogP contribution in [-0.4, -0.2) is 19.0 Å². The fourth-order valence-electron chi connectivity index (χ4n) is 2.08. The second-order valence-electron chi connectivity index (χ2n) is 4.58. The van der Waals surface area contributed by atoms with Crippen molar-refractivity contribution in [2.75, 3.05) is 18.0 Å². The summed E-state index contributed by atoms with van der Waals surface area (Å²) >= 11 is 0. The van der Waals surface area contributed by atoms with Crippen LogP contribution >= 0.6 is 0 Å². The average Bonchev–Trinajstić information content (AvgIpc) is 2.64. The Kier molecular flexibility index (Phi) is 2.97. The van der Waals surface area contributed by atoms with Gasteiger partial charge in [0.05, 0.1) is 0 Å². The minimum absolute atomic E-state index is 0.193. The van der Waals surface area contributed by atoms with E-state index in [1.165, 1.54) is 11.1 Å². The van der Waals surface area contributed by atoms with E-state index in [-0.39, 0.29) is 5.91 Å². The summed E-state index contributed by atoms with van der Waals surface area (Å²) in [7, 11) is 0. The molecule has 1 amide bonds. The average molecular weight is 218 g/mol. The molecule has 0 spiro atoms. The molecule has 2 rings (SSSR count). The van der Waals surface area contributed by atoms with Gasteiger partial charge in [-0.1, -0.05) is 6.07 Å². The fraction of sp³-hybridized carbons (Fsp3) is 0.462. The summed E-state index contributed by atoms with van der Waals surface area (Å²) in [5, 5.41) is 0. The third-order valence-electron chi connectivity index (χ3n) is 3.34. The molecule has 3 heteroatoms. The summed E-state index contributed by atoms with van der Waals surface area (Å²) in [4.78, 5) is 13.7. The number of aryl methyl sites for hydroxylation is 2. The van der Waals surface area contributed by atoms with Gasteiger partial charge in [-0.25, -0.2) is 0 Å². The van der Waals surface area contributed by atoms with E-state index in [9.17, 15) is 4.79 Å². The van der Waals surface area contributed by atoms with E-state index in [4.69, 9.17) is 5.73 Å². The molecule has 16 heavy (non-hydrogen) atoms. The van der Waals surface area contributed by atoms with Crippen molar-refractivity contribution in [2.45, 2.75) is 20.3 Å². The molecule has 2 N–H and O–H groups in total. The summed E-state index contributed by atoms with van der Waals surface area (Å²) in [6.45, 7) is 5.50. The Balaban J connectivity index is 2.24. The molecular weight excluding hydrogens is 200 g/mol. The predicted molar refractivity (Wildman–Crippen MR) is 65.4 cm³/mol. The Morgan fingerprint density at radius 2 is 2.12 bits per heavy atom. The van der Waals surface area contributed by atoms with Gasteiger partial charge in [-0.2, -0.15) is 0 Å². The van der Waals surface area contributed by atoms with Gasteiger partial charge in [-0.15, -0.1) is 0 Å². The zero-order valence-electron chi connectivity index (χ0n) is 9.86. The van der Waals surface area contributed by atoms with Gasteiger partial charge in [0.15, 0.2) is 0 Å². The SMILES string of the molecule is Cc1ccc(N2CC(CN)CC2=O)cc1C. The number of carbonyl (C=O) groups excluding carboxylic acids is 1. The van der Waals surface area contributed by atoms with Crippen LogP contribution in [0, 0.1) is 19.8 Å². The third-order valence-corrected chi connectivity index (χ3v) is 3.34. The molecule has 0 bridgehead atoms. The Labute approximate surface area is 96.2 Å². The smallest absolute Gasteiger partial charge is 0.227 e. The van der Waals surface area contributed by atoms with E-state index in [1.807, 2.05) is 11.0 Å². The molecule has 1 heterocycles. The van der Waals surface area contributed by atoms with Crippen LogP contribution in [0.3, 0.4) is 0 Å². The van der Waals surface area contributed by atoms with E-state index in [0.29, 0.717) is 18.9 Å². The van der Waals surface area contributed by atoms with Gasteiger partial charge in [0.25, 0.3) is 0 Å². The van der Waals surface area contributed by atoms with Gasteiger partial charge in [-0.05, 0) is 49.6 Å². The maximum atomic E-state index is 11.8. The highest BCUT2D eigenvalue weighted by Crippen LogP contribution is 2.26. The zero-order chi connectivity index (χ0) is 11.7. The first-order chi connectivity index (χ1) is 7.61. The minimum atomic E-state index is 0.193. The zero-order valence-corrected chi connectivity index (χ0v) is 9.86. The van der Waals surface area contributed by atoms with Crippen LogP contribution < -0.4 is 10.6 Å². The van der Waals surface area contributed by atoms with Gasteiger partial charge < -0.3 is 10.6 Å². The van der Waals surface area contributed by atoms with Crippen LogP contribution in [0.25, 0.3) is 0 Å². The van der Waals surface area contributed by atoms with Crippen LogP contribution in [0.15, 0.2) is 18.2 Å². The summed E-state index contributed by atoms with van der Waals surface area (Å²) in [6, 6.07) is 6.15. The minimum Gasteiger partial charge on any atom is -0.330 e. The fourth-order valence-corrected chi connectivity index (χ4v) is 2.08. The lowest BCUT2D eigenvalue weighted by molar-refractivity contribution is -0.117. The molecule has 1 unspecified atom stereocenters. The lowest BCUT2D eigenvalue weighted by Gasteiger charge is -2.17. The van der Waals surface area contributed by atoms with Gasteiger partial charge in [-0.3, -0.25) is 4.79 Å². The second kappa shape index (κ2) is 4.26. The molecule has 1 aromatic carbocycles. The molecule has 0 radical (unpaired) electrons. The number of amides is 1. The molecular formula is C13H18N2O. The molecule has 1 aromatic rings. The molecule has 0 aromatic heterocycles. The second-order valence-corrected chi connectivity index (χ2v) is 4.58. The van der Waals surface area contributed by atoms with Gasteiger partial charge in [0.1, 0.15) is 0 Å². The number of rotatable bonds is 2. The highest BCUT2D eigenvalue weighted by Gasteiger charge is 2.29. The van der Waals surface area contributed by atoms with Crippen molar-refractivity contribution in [3.05, 3.63) is 29.3 Å². The maximum absolute atomic E-state index is 11.8. The van der Waals surface area contributed by atoms with Crippen molar-refractivity contribution >= 4 is 11.6 Å². The predicted octanol–water partition coefficient (Wildman–Crippen LogP) is 1.62. The molecule has 86 valence electrons. The Bertz CT molecular complexity index is 414. The lowest BCUT2D eigenvalue weighted by Crippen LogP contribution is -2.25. The van der Waals surface area contributed by atoms with Crippen molar-refractivity contribution in [1.82, 2.24) is 0 Å². The number of nitrogens with two attached hydrogens (primary N) is 1. The van der Waals surface area contributed by atoms with Crippen LogP contribution in [0.1, 0.15) is 17.5 Å². The molecule has 1 aliphatic rings. The first-order valence-corrected chi connectivity index (χ1v) is 5.69. The molecule has 1 aliphatic heterocycles. The topological polar surface area (TPSA) is 46.3 Å². The van der Waals surface area contributed by atoms with Crippen LogP contribution in [0.2, 0.25) is 0 Å². The van der Waals surface area contributed by atoms with Crippen molar-refractivity contribution in [3.8, 4) is 0 Å². The van der Waals surface area contributed by atoms with Crippen molar-refractivity contribution in [2.24, 2.45) is 11.7 Å². The Morgan fingerprint density at radius 1 is 1.38 bits per heavy atom. The number of carbonyl (C=O) groups is 1. The molecule has 3 nitrogen and oxygen atoms in total. The van der Waals surface area contributed by atoms with E-state index in [1.54, 1.807) is 0 Å². The van der Waals surface area contributed by atoms with Crippen molar-refractivity contribution in [1.29, 1.82) is 0 Å². The van der Waals surface area contributed by atoms with E-state index < -0.39 is 0 Å². The summed E-state index contributed by atoms with van der Waals surface area (Å²) < 4.78 is 0. The van der Waals surface area contributed by atoms with Crippen molar-refractivity contribution in [3.63, 3.8) is 0 Å². The monoisotopic (exact) mass is 218 g/mol. The highest BCUT2D eigenvalue weighted by molar-refractivity contribution is 5.95. The van der Waals surface area contributed by atoms with Gasteiger partial charge in [0.2, 0.25) is 5.91 Å². The molecule has 1 saturated heterocycles. The number of hydrogen-bond acceptors (Lipinski definition) is 2. The number of anilines is 1. The van der Waals surface area contributed by atoms with Crippen molar-refractivity contribution < 1.29 is 4.79 Å². The van der Waals surface area contributed by atoms with Gasteiger partial charge >= 0.3 is 0 Å². The van der Waals surface area contributed by atoms with Gasteiger partial charge in [0, 0.05) is 18.7 Å². The molecule has 1 atom stereocenters. The number of benzene rings is 1. The van der Waals surface area contributed by atoms with Crippen LogP contribution in [0.5, 0.6) is 0 Å². The summed E-state index contributed by atoms with van der Waals surface area (Å²) in [5.74, 6) is 0.507. The molecule has 1 fully saturated rings. The standard InChI is InChI=1S/C13H18N2O/c1-9-3-4-12(5-10(9)2)15-8-11(7-14)6-13(15)16/h3-5,11H,6-8,14H2,1-2H3. The first kappa shape index (κ1) is 11.1. The molecule has 0 aliphatic carbocycles. The highest BCUT2D eigenvalue weighted by atomic mass is 16.2. The largest absolute Gasteiger partial charge is 0.330 e. The normalized spacial score (nSPS) is 20.6. The Hall–Kier alpha value is -1.35. The van der Waals surface area contributed by atoms with Crippen LogP contribution in [-0.2, 0) is 4.79 Å². The third kappa shape index (κ3) is 1.95. The van der Waals surface area contributed by atoms with E-state index >= 15 is 0 Å². The Morgan fingerprint density at radius 3 is 2.69 bits per heavy atom. The lowest BCUT2D eigenvalue weighted by atomic mass is 10.1. The van der Waals surface area contributed by atoms with E-state index in [2.05, 4.69) is 26.0 Å². The molecule has 0 saturated carbocycles. The summed E-state index contributed by atoms with van der Waals surface area (Å²) in [5.41, 5.74) is 9.09. The number of hydrogen-bond donors (Lipinski definition) is 1. The van der Waals surface area contributed by atoms with E-state index in [0.717, 1.165) is 12.2 Å². The number of nitrogens with zero attached hydrogens (tertiary/aromatic N) is 1. The summed E-state index contributed by atoms with van der Waals surface area (Å²) in [6.07, 6.45) is 0.587. The first-order valence-electron chi connectivity index (χ1n) is 5.69. The quantitative estimate of drug-likeness (QED) is 0.819. The maximum Gasteiger partial charge on any atom is 0.227 e. The van der Waals surface area contributed by atoms with Crippen LogP contribution in [0.4, 0.5) is 5.69 Å².